The average molecular weight is 287 g/mol. The molecule has 0 saturated carbocycles. The Kier molecular flexibility index (Phi) is 4.22. The van der Waals surface area contributed by atoms with E-state index in [1.165, 1.54) is 16.8 Å². The lowest BCUT2D eigenvalue weighted by molar-refractivity contribution is 0.0186. The van der Waals surface area contributed by atoms with Gasteiger partial charge in [-0.3, -0.25) is 0 Å². The van der Waals surface area contributed by atoms with Gasteiger partial charge >= 0.3 is 0 Å². The first-order valence-electron chi connectivity index (χ1n) is 7.21. The molecule has 0 fully saturated rings. The summed E-state index contributed by atoms with van der Waals surface area (Å²) in [4.78, 5) is 4.31. The molecule has 2 aromatic rings. The van der Waals surface area contributed by atoms with E-state index >= 15 is 0 Å². The second-order valence-corrected chi connectivity index (χ2v) is 5.26. The number of fused-ring (bicyclic) bond motifs is 1. The quantitative estimate of drug-likeness (QED) is 0.884. The topological polar surface area (TPSA) is 48.3 Å². The molecule has 0 spiro atoms. The van der Waals surface area contributed by atoms with Crippen LogP contribution < -0.4 is 5.32 Å². The Morgan fingerprint density at radius 1 is 1.38 bits per heavy atom. The minimum absolute atomic E-state index is 0.0210. The fraction of sp³-hybridized carbons (Fsp3) is 0.438. The molecule has 3 rings (SSSR count). The molecule has 5 heteroatoms. The van der Waals surface area contributed by atoms with Crippen molar-refractivity contribution in [2.24, 2.45) is 0 Å². The van der Waals surface area contributed by atoms with Gasteiger partial charge in [0.1, 0.15) is 0 Å². The molecule has 1 aromatic heterocycles. The molecule has 1 aliphatic rings. The van der Waals surface area contributed by atoms with Crippen LogP contribution in [0, 0.1) is 0 Å². The Balaban J connectivity index is 1.91. The average Bonchev–Trinajstić information content (AvgIpc) is 3.15. The second-order valence-electron chi connectivity index (χ2n) is 5.26. The van der Waals surface area contributed by atoms with E-state index in [2.05, 4.69) is 33.1 Å². The first-order valence-corrected chi connectivity index (χ1v) is 7.21. The summed E-state index contributed by atoms with van der Waals surface area (Å²) in [6.07, 6.45) is 4.87. The van der Waals surface area contributed by atoms with Gasteiger partial charge in [-0.2, -0.15) is 0 Å². The number of benzene rings is 1. The molecule has 1 aromatic carbocycles. The van der Waals surface area contributed by atoms with Crippen LogP contribution in [0.15, 0.2) is 30.7 Å². The Morgan fingerprint density at radius 2 is 2.29 bits per heavy atom. The highest BCUT2D eigenvalue weighted by Gasteiger charge is 2.18. The van der Waals surface area contributed by atoms with Crippen LogP contribution in [0.3, 0.4) is 0 Å². The molecular weight excluding hydrogens is 266 g/mol. The zero-order chi connectivity index (χ0) is 14.7. The number of imidazole rings is 1. The van der Waals surface area contributed by atoms with Gasteiger partial charge in [0.2, 0.25) is 0 Å². The van der Waals surface area contributed by atoms with Crippen LogP contribution in [0.5, 0.6) is 0 Å². The maximum Gasteiger partial charge on any atom is 0.0983 e. The SMILES string of the molecule is COCC(Cn1cncc1-c1cccc2c1NCC2)OC. The van der Waals surface area contributed by atoms with E-state index < -0.39 is 0 Å². The molecule has 1 atom stereocenters. The molecule has 0 amide bonds. The lowest BCUT2D eigenvalue weighted by Crippen LogP contribution is -2.23. The van der Waals surface area contributed by atoms with Gasteiger partial charge in [-0.05, 0) is 12.0 Å². The number of nitrogens with zero attached hydrogens (tertiary/aromatic N) is 2. The molecule has 1 unspecified atom stereocenters. The standard InChI is InChI=1S/C16H21N3O2/c1-20-10-13(21-2)9-19-11-17-8-15(19)14-5-3-4-12-6-7-18-16(12)14/h3-5,8,11,13,18H,6-7,9-10H2,1-2H3. The van der Waals surface area contributed by atoms with Crippen LogP contribution in [-0.4, -0.2) is 43.0 Å². The van der Waals surface area contributed by atoms with Crippen molar-refractivity contribution in [3.8, 4) is 11.3 Å². The van der Waals surface area contributed by atoms with Gasteiger partial charge in [0.05, 0.1) is 37.5 Å². The highest BCUT2D eigenvalue weighted by Crippen LogP contribution is 2.34. The summed E-state index contributed by atoms with van der Waals surface area (Å²) in [7, 11) is 3.40. The number of hydrogen-bond acceptors (Lipinski definition) is 4. The Morgan fingerprint density at radius 3 is 3.10 bits per heavy atom. The third kappa shape index (κ3) is 2.80. The van der Waals surface area contributed by atoms with Crippen molar-refractivity contribution >= 4 is 5.69 Å². The number of methoxy groups -OCH3 is 2. The van der Waals surface area contributed by atoms with Gasteiger partial charge < -0.3 is 19.4 Å². The summed E-state index contributed by atoms with van der Waals surface area (Å²) in [6.45, 7) is 2.30. The first kappa shape index (κ1) is 14.1. The Labute approximate surface area is 124 Å². The largest absolute Gasteiger partial charge is 0.384 e. The van der Waals surface area contributed by atoms with E-state index in [0.717, 1.165) is 25.2 Å². The molecule has 21 heavy (non-hydrogen) atoms. The van der Waals surface area contributed by atoms with E-state index in [9.17, 15) is 0 Å². The number of anilines is 1. The van der Waals surface area contributed by atoms with E-state index in [1.54, 1.807) is 14.2 Å². The molecule has 0 bridgehead atoms. The fourth-order valence-electron chi connectivity index (χ4n) is 2.84. The van der Waals surface area contributed by atoms with Crippen molar-refractivity contribution in [2.75, 3.05) is 32.7 Å². The van der Waals surface area contributed by atoms with E-state index in [1.807, 2.05) is 12.5 Å². The lowest BCUT2D eigenvalue weighted by Gasteiger charge is -2.17. The molecule has 1 aliphatic heterocycles. The Bertz CT molecular complexity index is 609. The summed E-state index contributed by atoms with van der Waals surface area (Å²) in [5.74, 6) is 0. The molecule has 112 valence electrons. The fourth-order valence-corrected chi connectivity index (χ4v) is 2.84. The van der Waals surface area contributed by atoms with Gasteiger partial charge in [-0.25, -0.2) is 4.98 Å². The molecule has 0 saturated heterocycles. The number of aromatic nitrogens is 2. The van der Waals surface area contributed by atoms with Crippen LogP contribution in [0.2, 0.25) is 0 Å². The maximum atomic E-state index is 5.46. The second kappa shape index (κ2) is 6.28. The van der Waals surface area contributed by atoms with Gasteiger partial charge in [0.15, 0.2) is 0 Å². The zero-order valence-electron chi connectivity index (χ0n) is 12.5. The summed E-state index contributed by atoms with van der Waals surface area (Å²) < 4.78 is 12.8. The van der Waals surface area contributed by atoms with Crippen molar-refractivity contribution in [1.82, 2.24) is 9.55 Å². The summed E-state index contributed by atoms with van der Waals surface area (Å²) >= 11 is 0. The number of ether oxygens (including phenoxy) is 2. The summed E-state index contributed by atoms with van der Waals surface area (Å²) in [5, 5.41) is 3.48. The summed E-state index contributed by atoms with van der Waals surface area (Å²) in [6, 6.07) is 6.44. The van der Waals surface area contributed by atoms with Gasteiger partial charge in [0.25, 0.3) is 0 Å². The highest BCUT2D eigenvalue weighted by atomic mass is 16.5. The Hall–Kier alpha value is -1.85. The predicted molar refractivity (Wildman–Crippen MR) is 82.5 cm³/mol. The number of nitrogens with one attached hydrogen (secondary N) is 1. The highest BCUT2D eigenvalue weighted by molar-refractivity contribution is 5.79. The van der Waals surface area contributed by atoms with Gasteiger partial charge in [-0.15, -0.1) is 0 Å². The lowest BCUT2D eigenvalue weighted by atomic mass is 10.1. The van der Waals surface area contributed by atoms with Crippen LogP contribution in [0.4, 0.5) is 5.69 Å². The minimum Gasteiger partial charge on any atom is -0.384 e. The monoisotopic (exact) mass is 287 g/mol. The summed E-state index contributed by atoms with van der Waals surface area (Å²) in [5.41, 5.74) is 4.93. The smallest absolute Gasteiger partial charge is 0.0983 e. The third-order valence-electron chi connectivity index (χ3n) is 3.92. The normalized spacial score (nSPS) is 14.8. The number of rotatable bonds is 6. The predicted octanol–water partition coefficient (Wildman–Crippen LogP) is 2.18. The maximum absolute atomic E-state index is 5.46. The van der Waals surface area contributed by atoms with Crippen molar-refractivity contribution in [1.29, 1.82) is 0 Å². The molecule has 1 N–H and O–H groups in total. The van der Waals surface area contributed by atoms with Crippen LogP contribution in [-0.2, 0) is 22.4 Å². The van der Waals surface area contributed by atoms with Crippen molar-refractivity contribution in [3.05, 3.63) is 36.3 Å². The molecule has 0 aliphatic carbocycles. The van der Waals surface area contributed by atoms with Crippen LogP contribution >= 0.6 is 0 Å². The van der Waals surface area contributed by atoms with Gasteiger partial charge in [-0.1, -0.05) is 18.2 Å². The zero-order valence-corrected chi connectivity index (χ0v) is 12.5. The number of hydrogen-bond donors (Lipinski definition) is 1. The van der Waals surface area contributed by atoms with Crippen molar-refractivity contribution in [2.45, 2.75) is 19.1 Å². The van der Waals surface area contributed by atoms with Crippen LogP contribution in [0.1, 0.15) is 5.56 Å². The van der Waals surface area contributed by atoms with E-state index in [-0.39, 0.29) is 6.10 Å². The number of para-hydroxylation sites is 1. The van der Waals surface area contributed by atoms with E-state index in [4.69, 9.17) is 9.47 Å². The third-order valence-corrected chi connectivity index (χ3v) is 3.92. The van der Waals surface area contributed by atoms with Crippen molar-refractivity contribution < 1.29 is 9.47 Å². The molecule has 5 nitrogen and oxygen atoms in total. The first-order chi connectivity index (χ1) is 10.3. The minimum atomic E-state index is 0.0210. The van der Waals surface area contributed by atoms with Gasteiger partial charge in [0, 0.05) is 32.0 Å². The molecule has 0 radical (unpaired) electrons. The van der Waals surface area contributed by atoms with Crippen LogP contribution in [0.25, 0.3) is 11.3 Å². The molecular formula is C16H21N3O2. The van der Waals surface area contributed by atoms with Crippen molar-refractivity contribution in [3.63, 3.8) is 0 Å². The van der Waals surface area contributed by atoms with E-state index in [0.29, 0.717) is 6.61 Å². The molecule has 2 heterocycles.